The number of primary amides is 1. The number of halogens is 1. The Kier molecular flexibility index (Phi) is 15.0. The van der Waals surface area contributed by atoms with E-state index in [1.54, 1.807) is 68.6 Å². The molecule has 0 aliphatic carbocycles. The Labute approximate surface area is 319 Å². The molecule has 0 spiro atoms. The number of amides is 5. The summed E-state index contributed by atoms with van der Waals surface area (Å²) in [5.41, 5.74) is 19.8. The number of carbonyl (C=O) groups excluding carboxylic acids is 5. The molecule has 0 aliphatic rings. The van der Waals surface area contributed by atoms with E-state index in [9.17, 15) is 24.0 Å². The number of guanidine groups is 1. The molecule has 0 saturated carbocycles. The molecule has 54 heavy (non-hydrogen) atoms. The lowest BCUT2D eigenvalue weighted by molar-refractivity contribution is -0.134. The van der Waals surface area contributed by atoms with Gasteiger partial charge in [-0.25, -0.2) is 0 Å². The van der Waals surface area contributed by atoms with Gasteiger partial charge in [0.1, 0.15) is 24.2 Å². The number of nitrogens with one attached hydrogen (secondary N) is 5. The summed E-state index contributed by atoms with van der Waals surface area (Å²) in [4.78, 5) is 74.5. The van der Waals surface area contributed by atoms with Gasteiger partial charge < -0.3 is 43.5 Å². The summed E-state index contributed by atoms with van der Waals surface area (Å²) in [6, 6.07) is 18.9. The van der Waals surface area contributed by atoms with Crippen molar-refractivity contribution < 1.29 is 24.0 Å². The molecule has 11 N–H and O–H groups in total. The third-order valence-corrected chi connectivity index (χ3v) is 9.02. The standard InChI is InChI=1S/C39H48ClN9O5/c1-23(2)35(51)48-32(20-25-14-16-27(40)17-15-25)38(54)49-33(19-24-9-4-3-5-10-24)37(53)46-30(13-8-18-44-39(42)43)36(52)47-31(34(41)50)21-26-22-45-29-12-7-6-11-28(26)29/h3-7,9-12,14-17,22-23,30-33,45H,8,13,18-21H2,1-2H3,(H2,41,50)(H,46,53)(H,47,52)(H,48,51)(H,49,54)(H4,42,43,44)/t30-,31-,32-,33-/m0/s1. The number of rotatable bonds is 19. The lowest BCUT2D eigenvalue weighted by Gasteiger charge is -2.27. The number of nitrogens with zero attached hydrogens (tertiary/aromatic N) is 1. The van der Waals surface area contributed by atoms with E-state index in [0.717, 1.165) is 27.6 Å². The van der Waals surface area contributed by atoms with Gasteiger partial charge in [-0.3, -0.25) is 29.0 Å². The zero-order valence-electron chi connectivity index (χ0n) is 30.3. The van der Waals surface area contributed by atoms with Gasteiger partial charge >= 0.3 is 0 Å². The van der Waals surface area contributed by atoms with Gasteiger partial charge in [-0.15, -0.1) is 0 Å². The molecule has 14 nitrogen and oxygen atoms in total. The van der Waals surface area contributed by atoms with Crippen LogP contribution >= 0.6 is 11.6 Å². The molecular weight excluding hydrogens is 710 g/mol. The van der Waals surface area contributed by atoms with Crippen LogP contribution in [-0.2, 0) is 43.2 Å². The van der Waals surface area contributed by atoms with Gasteiger partial charge in [0.05, 0.1) is 0 Å². The highest BCUT2D eigenvalue weighted by molar-refractivity contribution is 6.30. The molecule has 0 bridgehead atoms. The summed E-state index contributed by atoms with van der Waals surface area (Å²) in [6.07, 6.45) is 2.42. The number of H-pyrrole nitrogens is 1. The zero-order chi connectivity index (χ0) is 39.2. The van der Waals surface area contributed by atoms with E-state index in [1.165, 1.54) is 0 Å². The molecule has 0 radical (unpaired) electrons. The summed E-state index contributed by atoms with van der Waals surface area (Å²) in [5.74, 6) is -3.57. The van der Waals surface area contributed by atoms with Crippen molar-refractivity contribution in [3.8, 4) is 0 Å². The molecule has 4 rings (SSSR count). The number of hydrogen-bond acceptors (Lipinski definition) is 6. The van der Waals surface area contributed by atoms with Crippen LogP contribution in [0.2, 0.25) is 5.02 Å². The molecule has 286 valence electrons. The minimum atomic E-state index is -1.17. The number of aromatic nitrogens is 1. The number of fused-ring (bicyclic) bond motifs is 1. The molecule has 15 heteroatoms. The lowest BCUT2D eigenvalue weighted by atomic mass is 10.0. The second kappa shape index (κ2) is 19.8. The van der Waals surface area contributed by atoms with E-state index in [-0.39, 0.29) is 44.1 Å². The Morgan fingerprint density at radius 1 is 0.667 bits per heavy atom. The minimum absolute atomic E-state index is 0.0665. The fourth-order valence-electron chi connectivity index (χ4n) is 5.80. The van der Waals surface area contributed by atoms with Gasteiger partial charge in [-0.05, 0) is 47.7 Å². The summed E-state index contributed by atoms with van der Waals surface area (Å²) < 4.78 is 0. The number of para-hydroxylation sites is 1. The molecule has 0 fully saturated rings. The van der Waals surface area contributed by atoms with E-state index < -0.39 is 53.7 Å². The lowest BCUT2D eigenvalue weighted by Crippen LogP contribution is -2.59. The average Bonchev–Trinajstić information content (AvgIpc) is 3.55. The van der Waals surface area contributed by atoms with Crippen LogP contribution in [0.15, 0.2) is 90.1 Å². The van der Waals surface area contributed by atoms with Gasteiger partial charge in [-0.2, -0.15) is 0 Å². The van der Waals surface area contributed by atoms with Crippen LogP contribution in [0.4, 0.5) is 0 Å². The third-order valence-electron chi connectivity index (χ3n) is 8.76. The maximum Gasteiger partial charge on any atom is 0.243 e. The monoisotopic (exact) mass is 757 g/mol. The van der Waals surface area contributed by atoms with Crippen LogP contribution in [0.3, 0.4) is 0 Å². The fourth-order valence-corrected chi connectivity index (χ4v) is 5.92. The van der Waals surface area contributed by atoms with Crippen molar-refractivity contribution >= 4 is 58.0 Å². The molecule has 4 aromatic rings. The summed E-state index contributed by atoms with van der Waals surface area (Å²) >= 11 is 6.07. The fraction of sp³-hybridized carbons (Fsp3) is 0.333. The Bertz CT molecular complexity index is 1930. The van der Waals surface area contributed by atoms with Gasteiger partial charge in [-0.1, -0.05) is 86.1 Å². The van der Waals surface area contributed by atoms with Gasteiger partial charge in [0, 0.05) is 53.8 Å². The predicted octanol–water partition coefficient (Wildman–Crippen LogP) is 1.98. The van der Waals surface area contributed by atoms with Crippen molar-refractivity contribution in [1.29, 1.82) is 0 Å². The number of benzene rings is 3. The Hall–Kier alpha value is -5.89. The smallest absolute Gasteiger partial charge is 0.243 e. The summed E-state index contributed by atoms with van der Waals surface area (Å²) in [7, 11) is 0. The number of nitrogens with two attached hydrogens (primary N) is 3. The van der Waals surface area contributed by atoms with E-state index in [4.69, 9.17) is 28.8 Å². The van der Waals surface area contributed by atoms with Crippen molar-refractivity contribution in [2.75, 3.05) is 6.54 Å². The van der Waals surface area contributed by atoms with Crippen LogP contribution in [0.25, 0.3) is 10.9 Å². The van der Waals surface area contributed by atoms with Crippen LogP contribution < -0.4 is 38.5 Å². The minimum Gasteiger partial charge on any atom is -0.370 e. The zero-order valence-corrected chi connectivity index (χ0v) is 31.1. The molecule has 0 saturated heterocycles. The number of aliphatic imine (C=N–C) groups is 1. The number of carbonyl (C=O) groups is 5. The maximum absolute atomic E-state index is 14.1. The van der Waals surface area contributed by atoms with Crippen LogP contribution in [0.1, 0.15) is 43.4 Å². The Morgan fingerprint density at radius 3 is 1.81 bits per heavy atom. The van der Waals surface area contributed by atoms with Gasteiger partial charge in [0.15, 0.2) is 5.96 Å². The number of aromatic amines is 1. The van der Waals surface area contributed by atoms with Crippen molar-refractivity contribution in [3.05, 3.63) is 107 Å². The SMILES string of the molecule is CC(C)C(=O)N[C@@H](Cc1ccc(Cl)cc1)C(=O)N[C@@H](Cc1ccccc1)C(=O)N[C@@H](CCCN=C(N)N)C(=O)N[C@@H](Cc1c[nH]c2ccccc12)C(N)=O. The van der Waals surface area contributed by atoms with Gasteiger partial charge in [0.25, 0.3) is 0 Å². The summed E-state index contributed by atoms with van der Waals surface area (Å²) in [5, 5.41) is 12.5. The van der Waals surface area contributed by atoms with Crippen molar-refractivity contribution in [2.45, 2.75) is 70.1 Å². The first-order chi connectivity index (χ1) is 25.8. The highest BCUT2D eigenvalue weighted by Gasteiger charge is 2.32. The topological polar surface area (TPSA) is 240 Å². The predicted molar refractivity (Wildman–Crippen MR) is 209 cm³/mol. The van der Waals surface area contributed by atoms with Crippen molar-refractivity contribution in [2.24, 2.45) is 28.1 Å². The second-order valence-corrected chi connectivity index (χ2v) is 13.8. The molecule has 0 unspecified atom stereocenters. The molecule has 3 aromatic carbocycles. The van der Waals surface area contributed by atoms with Crippen LogP contribution in [-0.4, -0.2) is 71.2 Å². The van der Waals surface area contributed by atoms with Crippen LogP contribution in [0.5, 0.6) is 0 Å². The number of hydrogen-bond donors (Lipinski definition) is 8. The first-order valence-electron chi connectivity index (χ1n) is 17.7. The van der Waals surface area contributed by atoms with E-state index in [2.05, 4.69) is 31.2 Å². The van der Waals surface area contributed by atoms with Crippen LogP contribution in [0, 0.1) is 5.92 Å². The Morgan fingerprint density at radius 2 is 1.20 bits per heavy atom. The van der Waals surface area contributed by atoms with Gasteiger partial charge in [0.2, 0.25) is 29.5 Å². The highest BCUT2D eigenvalue weighted by Crippen LogP contribution is 2.19. The molecular formula is C39H48ClN9O5. The Balaban J connectivity index is 1.58. The molecule has 1 aromatic heterocycles. The highest BCUT2D eigenvalue weighted by atomic mass is 35.5. The normalized spacial score (nSPS) is 13.3. The second-order valence-electron chi connectivity index (χ2n) is 13.3. The maximum atomic E-state index is 14.1. The van der Waals surface area contributed by atoms with E-state index >= 15 is 0 Å². The molecule has 1 heterocycles. The first kappa shape index (κ1) is 40.9. The molecule has 4 atom stereocenters. The average molecular weight is 758 g/mol. The summed E-state index contributed by atoms with van der Waals surface area (Å²) in [6.45, 7) is 3.59. The van der Waals surface area contributed by atoms with E-state index in [1.807, 2.05) is 30.3 Å². The largest absolute Gasteiger partial charge is 0.370 e. The van der Waals surface area contributed by atoms with Crippen molar-refractivity contribution in [1.82, 2.24) is 26.3 Å². The van der Waals surface area contributed by atoms with E-state index in [0.29, 0.717) is 11.4 Å². The first-order valence-corrected chi connectivity index (χ1v) is 18.1. The quantitative estimate of drug-likeness (QED) is 0.0402. The molecule has 5 amide bonds. The third kappa shape index (κ3) is 12.4. The molecule has 0 aliphatic heterocycles. The van der Waals surface area contributed by atoms with Crippen molar-refractivity contribution in [3.63, 3.8) is 0 Å².